The Balaban J connectivity index is 2.96. The average Bonchev–Trinajstić information content (AvgIpc) is 1.65. The van der Waals surface area contributed by atoms with Gasteiger partial charge in [-0.25, -0.2) is 0 Å². The van der Waals surface area contributed by atoms with Gasteiger partial charge in [0.1, 0.15) is 0 Å². The second kappa shape index (κ2) is 2.74. The molecule has 0 rings (SSSR count). The number of hydrogen-bond acceptors (Lipinski definition) is 4. The van der Waals surface area contributed by atoms with E-state index < -0.39 is 6.23 Å². The van der Waals surface area contributed by atoms with Gasteiger partial charge in [0.15, 0.2) is 6.23 Å². The number of aliphatic hydroxyl groups excluding tert-OH is 1. The Hall–Kier alpha value is -0.480. The summed E-state index contributed by atoms with van der Waals surface area (Å²) in [4.78, 5) is 9.16. The summed E-state index contributed by atoms with van der Waals surface area (Å²) in [7, 11) is 0. The van der Waals surface area contributed by atoms with E-state index in [0.717, 1.165) is 0 Å². The van der Waals surface area contributed by atoms with Crippen molar-refractivity contribution < 1.29 is 5.11 Å². The molecule has 4 heteroatoms. The fourth-order valence-electron chi connectivity index (χ4n) is 0.0430. The van der Waals surface area contributed by atoms with E-state index in [2.05, 4.69) is 5.18 Å². The van der Waals surface area contributed by atoms with Gasteiger partial charge >= 0.3 is 0 Å². The van der Waals surface area contributed by atoms with Gasteiger partial charge in [0.05, 0.1) is 0 Å². The van der Waals surface area contributed by atoms with E-state index in [-0.39, 0.29) is 6.54 Å². The summed E-state index contributed by atoms with van der Waals surface area (Å²) in [6.07, 6.45) is -1.22. The lowest BCUT2D eigenvalue weighted by Gasteiger charge is -1.88. The van der Waals surface area contributed by atoms with Crippen molar-refractivity contribution in [2.75, 3.05) is 6.54 Å². The van der Waals surface area contributed by atoms with Crippen LogP contribution in [0.4, 0.5) is 0 Å². The van der Waals surface area contributed by atoms with Crippen LogP contribution in [0.1, 0.15) is 0 Å². The topological polar surface area (TPSA) is 75.7 Å². The fraction of sp³-hybridized carbons (Fsp3) is 1.00. The molecule has 0 aromatic rings. The molecule has 0 amide bonds. The molecule has 1 unspecified atom stereocenters. The van der Waals surface area contributed by atoms with Crippen molar-refractivity contribution in [2.45, 2.75) is 6.23 Å². The highest BCUT2D eigenvalue weighted by Gasteiger charge is 1.92. The third-order valence-corrected chi connectivity index (χ3v) is 0.332. The Kier molecular flexibility index (Phi) is 2.52. The van der Waals surface area contributed by atoms with Crippen LogP contribution < -0.4 is 5.73 Å². The molecule has 6 heavy (non-hydrogen) atoms. The molecule has 0 aliphatic rings. The van der Waals surface area contributed by atoms with Crippen LogP contribution in [-0.2, 0) is 0 Å². The smallest absolute Gasteiger partial charge is 0.199 e. The molecule has 0 aliphatic heterocycles. The molecule has 0 bridgehead atoms. The van der Waals surface area contributed by atoms with E-state index in [9.17, 15) is 0 Å². The van der Waals surface area contributed by atoms with Crippen LogP contribution in [0.25, 0.3) is 0 Å². The molecule has 0 fully saturated rings. The maximum absolute atomic E-state index is 9.16. The highest BCUT2D eigenvalue weighted by Crippen LogP contribution is 1.73. The summed E-state index contributed by atoms with van der Waals surface area (Å²) in [6, 6.07) is 0. The van der Waals surface area contributed by atoms with E-state index in [0.29, 0.717) is 0 Å². The van der Waals surface area contributed by atoms with Gasteiger partial charge in [-0.05, 0) is 5.18 Å². The molecule has 3 N–H and O–H groups in total. The second-order valence-corrected chi connectivity index (χ2v) is 0.822. The van der Waals surface area contributed by atoms with Crippen LogP contribution in [0.5, 0.6) is 0 Å². The number of hydrogen-bond donors (Lipinski definition) is 2. The first kappa shape index (κ1) is 5.52. The van der Waals surface area contributed by atoms with Crippen molar-refractivity contribution in [1.29, 1.82) is 0 Å². The summed E-state index contributed by atoms with van der Waals surface area (Å²) >= 11 is 0. The SMILES string of the molecule is NCC(O)N=O. The molecule has 1 atom stereocenters. The Labute approximate surface area is 34.9 Å². The average molecular weight is 90.1 g/mol. The fourth-order valence-corrected chi connectivity index (χ4v) is 0.0430. The summed E-state index contributed by atoms with van der Waals surface area (Å²) in [5.74, 6) is 0. The minimum absolute atomic E-state index is 0.0938. The predicted molar refractivity (Wildman–Crippen MR) is 20.9 cm³/mol. The van der Waals surface area contributed by atoms with Crippen LogP contribution in [-0.4, -0.2) is 17.9 Å². The monoisotopic (exact) mass is 90.0 g/mol. The largest absolute Gasteiger partial charge is 0.368 e. The minimum atomic E-state index is -1.22. The van der Waals surface area contributed by atoms with Gasteiger partial charge in [-0.2, -0.15) is 0 Å². The maximum Gasteiger partial charge on any atom is 0.199 e. The number of aliphatic hydroxyl groups is 1. The normalized spacial score (nSPS) is 13.7. The maximum atomic E-state index is 9.16. The Morgan fingerprint density at radius 3 is 2.50 bits per heavy atom. The minimum Gasteiger partial charge on any atom is -0.368 e. The summed E-state index contributed by atoms with van der Waals surface area (Å²) in [6.45, 7) is -0.0938. The van der Waals surface area contributed by atoms with Crippen molar-refractivity contribution in [3.8, 4) is 0 Å². The van der Waals surface area contributed by atoms with Crippen LogP contribution >= 0.6 is 0 Å². The predicted octanol–water partition coefficient (Wildman–Crippen LogP) is -0.970. The molecule has 0 spiro atoms. The van der Waals surface area contributed by atoms with Crippen LogP contribution in [0.2, 0.25) is 0 Å². The van der Waals surface area contributed by atoms with E-state index in [1.165, 1.54) is 0 Å². The van der Waals surface area contributed by atoms with Crippen LogP contribution in [0, 0.1) is 4.91 Å². The third kappa shape index (κ3) is 1.80. The van der Waals surface area contributed by atoms with E-state index in [1.54, 1.807) is 0 Å². The number of nitroso groups, excluding NO2 is 1. The molecule has 0 aromatic carbocycles. The molecule has 0 aromatic heterocycles. The van der Waals surface area contributed by atoms with Gasteiger partial charge in [-0.3, -0.25) is 0 Å². The first-order valence-electron chi connectivity index (χ1n) is 1.52. The molecule has 0 aliphatic carbocycles. The van der Waals surface area contributed by atoms with Gasteiger partial charge in [0, 0.05) is 6.54 Å². The quantitative estimate of drug-likeness (QED) is 0.428. The second-order valence-electron chi connectivity index (χ2n) is 0.822. The lowest BCUT2D eigenvalue weighted by molar-refractivity contribution is 0.191. The zero-order valence-corrected chi connectivity index (χ0v) is 3.16. The van der Waals surface area contributed by atoms with Crippen molar-refractivity contribution in [1.82, 2.24) is 0 Å². The zero-order valence-electron chi connectivity index (χ0n) is 3.16. The number of nitrogens with two attached hydrogens (primary N) is 1. The van der Waals surface area contributed by atoms with Gasteiger partial charge in [0.25, 0.3) is 0 Å². The highest BCUT2D eigenvalue weighted by molar-refractivity contribution is 4.45. The molecule has 36 valence electrons. The first-order valence-corrected chi connectivity index (χ1v) is 1.52. The van der Waals surface area contributed by atoms with Crippen LogP contribution in [0.15, 0.2) is 5.18 Å². The third-order valence-electron chi connectivity index (χ3n) is 0.332. The standard InChI is InChI=1S/C2H6N2O2/c3-1-2(5)4-6/h2,5H,1,3H2. The Morgan fingerprint density at radius 2 is 2.50 bits per heavy atom. The van der Waals surface area contributed by atoms with Crippen molar-refractivity contribution >= 4 is 0 Å². The van der Waals surface area contributed by atoms with E-state index in [4.69, 9.17) is 15.7 Å². The summed E-state index contributed by atoms with van der Waals surface area (Å²) < 4.78 is 0. The molecular weight excluding hydrogens is 84.0 g/mol. The molecule has 0 radical (unpaired) electrons. The lowest BCUT2D eigenvalue weighted by atomic mass is 10.6. The van der Waals surface area contributed by atoms with Gasteiger partial charge < -0.3 is 10.8 Å². The first-order chi connectivity index (χ1) is 2.81. The summed E-state index contributed by atoms with van der Waals surface area (Å²) in [5.41, 5.74) is 4.74. The van der Waals surface area contributed by atoms with Crippen molar-refractivity contribution in [3.63, 3.8) is 0 Å². The highest BCUT2D eigenvalue weighted by atomic mass is 16.3. The molecule has 0 heterocycles. The Bertz CT molecular complexity index is 46.8. The van der Waals surface area contributed by atoms with Gasteiger partial charge in [-0.15, -0.1) is 4.91 Å². The Morgan fingerprint density at radius 1 is 2.00 bits per heavy atom. The molecular formula is C2H6N2O2. The zero-order chi connectivity index (χ0) is 4.99. The van der Waals surface area contributed by atoms with Gasteiger partial charge in [0.2, 0.25) is 0 Å². The summed E-state index contributed by atoms with van der Waals surface area (Å²) in [5, 5.41) is 10.2. The van der Waals surface area contributed by atoms with Crippen molar-refractivity contribution in [3.05, 3.63) is 4.91 Å². The molecule has 0 saturated carbocycles. The van der Waals surface area contributed by atoms with Crippen LogP contribution in [0.3, 0.4) is 0 Å². The molecule has 4 nitrogen and oxygen atoms in total. The molecule has 0 saturated heterocycles. The lowest BCUT2D eigenvalue weighted by Crippen LogP contribution is -2.15. The van der Waals surface area contributed by atoms with E-state index >= 15 is 0 Å². The van der Waals surface area contributed by atoms with Gasteiger partial charge in [-0.1, -0.05) is 0 Å². The van der Waals surface area contributed by atoms with E-state index in [1.807, 2.05) is 0 Å². The van der Waals surface area contributed by atoms with Crippen molar-refractivity contribution in [2.24, 2.45) is 10.9 Å². The number of rotatable bonds is 2. The number of nitrogens with zero attached hydrogens (tertiary/aromatic N) is 1.